The molecule has 1 N–H and O–H groups in total. The van der Waals surface area contributed by atoms with E-state index < -0.39 is 5.41 Å². The number of cyclic esters (lactones) is 1. The number of carbonyl (C=O) groups is 2. The van der Waals surface area contributed by atoms with Crippen LogP contribution in [0, 0.1) is 22.7 Å². The van der Waals surface area contributed by atoms with Gasteiger partial charge in [-0.3, -0.25) is 4.79 Å². The molecule has 0 aromatic carbocycles. The molecule has 0 radical (unpaired) electrons. The van der Waals surface area contributed by atoms with Gasteiger partial charge in [-0.05, 0) is 61.9 Å². The van der Waals surface area contributed by atoms with Gasteiger partial charge in [0.15, 0.2) is 0 Å². The second kappa shape index (κ2) is 7.42. The number of allylic oxidation sites excluding steroid dienone is 1. The first-order valence-electron chi connectivity index (χ1n) is 10.0. The van der Waals surface area contributed by atoms with E-state index in [9.17, 15) is 14.7 Å². The monoisotopic (exact) mass is 376 g/mol. The Morgan fingerprint density at radius 2 is 2.15 bits per heavy atom. The van der Waals surface area contributed by atoms with Crippen molar-refractivity contribution in [3.05, 3.63) is 23.8 Å². The average molecular weight is 376 g/mol. The Kier molecular flexibility index (Phi) is 5.53. The molecule has 0 aromatic rings. The normalized spacial score (nSPS) is 38.8. The number of fused-ring (bicyclic) bond motifs is 1. The number of carbonyl (C=O) groups excluding carboxylic acids is 2. The van der Waals surface area contributed by atoms with Gasteiger partial charge in [0.25, 0.3) is 0 Å². The molecule has 3 aliphatic rings. The fourth-order valence-electron chi connectivity index (χ4n) is 6.01. The third kappa shape index (κ3) is 3.46. The topological polar surface area (TPSA) is 72.8 Å². The third-order valence-electron chi connectivity index (χ3n) is 7.47. The largest absolute Gasteiger partial charge is 0.462 e. The highest BCUT2D eigenvalue weighted by atomic mass is 16.5. The SMILES string of the molecule is C=C1CC[C@H]2[C@](C)(CO)[C@H](OC(C)=O)CC[C@@]2(C)[C@@H]1CCC1=CCOC1=O. The van der Waals surface area contributed by atoms with Gasteiger partial charge in [-0.2, -0.15) is 0 Å². The summed E-state index contributed by atoms with van der Waals surface area (Å²) in [7, 11) is 0. The van der Waals surface area contributed by atoms with E-state index in [1.54, 1.807) is 0 Å². The van der Waals surface area contributed by atoms with Crippen LogP contribution in [-0.4, -0.2) is 36.4 Å². The Morgan fingerprint density at radius 1 is 1.41 bits per heavy atom. The number of esters is 2. The van der Waals surface area contributed by atoms with Gasteiger partial charge >= 0.3 is 11.9 Å². The van der Waals surface area contributed by atoms with E-state index >= 15 is 0 Å². The first-order valence-corrected chi connectivity index (χ1v) is 10.0. The standard InChI is InChI=1S/C22H32O5/c1-14-5-8-18-21(3,17(14)7-6-16-10-12-26-20(16)25)11-9-19(27-15(2)24)22(18,4)13-23/h10,17-19,23H,1,5-9,11-13H2,2-4H3/t17-,18-,19-,21+,22+/m1/s1. The summed E-state index contributed by atoms with van der Waals surface area (Å²) in [6.45, 7) is 10.5. The van der Waals surface area contributed by atoms with Crippen molar-refractivity contribution in [2.24, 2.45) is 22.7 Å². The molecule has 5 heteroatoms. The summed E-state index contributed by atoms with van der Waals surface area (Å²) < 4.78 is 10.6. The first-order chi connectivity index (χ1) is 12.7. The Balaban J connectivity index is 1.83. The van der Waals surface area contributed by atoms with Crippen molar-refractivity contribution < 1.29 is 24.2 Å². The summed E-state index contributed by atoms with van der Waals surface area (Å²) in [6, 6.07) is 0. The molecule has 27 heavy (non-hydrogen) atoms. The molecule has 0 aromatic heterocycles. The Hall–Kier alpha value is -1.62. The quantitative estimate of drug-likeness (QED) is 0.587. The number of ether oxygens (including phenoxy) is 2. The number of aliphatic hydroxyl groups excluding tert-OH is 1. The van der Waals surface area contributed by atoms with Crippen LogP contribution in [0.2, 0.25) is 0 Å². The van der Waals surface area contributed by atoms with Gasteiger partial charge in [0.1, 0.15) is 12.7 Å². The maximum atomic E-state index is 11.8. The molecule has 2 saturated carbocycles. The molecule has 0 amide bonds. The van der Waals surface area contributed by atoms with Gasteiger partial charge in [0, 0.05) is 17.9 Å². The molecule has 1 heterocycles. The lowest BCUT2D eigenvalue weighted by molar-refractivity contribution is -0.185. The molecule has 0 bridgehead atoms. The maximum Gasteiger partial charge on any atom is 0.334 e. The summed E-state index contributed by atoms with van der Waals surface area (Å²) in [4.78, 5) is 23.4. The summed E-state index contributed by atoms with van der Waals surface area (Å²) in [6.07, 6.45) is 6.74. The molecule has 0 saturated heterocycles. The summed E-state index contributed by atoms with van der Waals surface area (Å²) in [5, 5.41) is 10.3. The molecule has 0 spiro atoms. The van der Waals surface area contributed by atoms with Crippen LogP contribution in [0.4, 0.5) is 0 Å². The second-order valence-electron chi connectivity index (χ2n) is 8.98. The predicted octanol–water partition coefficient (Wildman–Crippen LogP) is 3.56. The van der Waals surface area contributed by atoms with E-state index in [4.69, 9.17) is 9.47 Å². The molecule has 2 fully saturated rings. The van der Waals surface area contributed by atoms with Gasteiger partial charge < -0.3 is 14.6 Å². The Bertz CT molecular complexity index is 666. The zero-order valence-corrected chi connectivity index (χ0v) is 16.8. The maximum absolute atomic E-state index is 11.8. The van der Waals surface area contributed by atoms with Crippen molar-refractivity contribution in [2.45, 2.75) is 65.4 Å². The molecular weight excluding hydrogens is 344 g/mol. The van der Waals surface area contributed by atoms with E-state index in [2.05, 4.69) is 20.4 Å². The molecule has 150 valence electrons. The predicted molar refractivity (Wildman–Crippen MR) is 102 cm³/mol. The van der Waals surface area contributed by atoms with Gasteiger partial charge in [-0.15, -0.1) is 0 Å². The van der Waals surface area contributed by atoms with Gasteiger partial charge in [0.2, 0.25) is 0 Å². The fraction of sp³-hybridized carbons (Fsp3) is 0.727. The van der Waals surface area contributed by atoms with Crippen LogP contribution in [0.1, 0.15) is 59.3 Å². The third-order valence-corrected chi connectivity index (χ3v) is 7.47. The number of rotatable bonds is 5. The van der Waals surface area contributed by atoms with Crippen molar-refractivity contribution in [2.75, 3.05) is 13.2 Å². The van der Waals surface area contributed by atoms with Crippen LogP contribution in [0.3, 0.4) is 0 Å². The smallest absolute Gasteiger partial charge is 0.334 e. The highest BCUT2D eigenvalue weighted by molar-refractivity contribution is 5.90. The van der Waals surface area contributed by atoms with Crippen LogP contribution in [0.15, 0.2) is 23.8 Å². The van der Waals surface area contributed by atoms with E-state index in [1.165, 1.54) is 12.5 Å². The summed E-state index contributed by atoms with van der Waals surface area (Å²) >= 11 is 0. The van der Waals surface area contributed by atoms with Crippen molar-refractivity contribution >= 4 is 11.9 Å². The first kappa shape index (κ1) is 20.1. The Labute approximate surface area is 161 Å². The lowest BCUT2D eigenvalue weighted by Crippen LogP contribution is -2.58. The minimum Gasteiger partial charge on any atom is -0.462 e. The van der Waals surface area contributed by atoms with Crippen LogP contribution in [0.25, 0.3) is 0 Å². The zero-order valence-electron chi connectivity index (χ0n) is 16.8. The van der Waals surface area contributed by atoms with Crippen LogP contribution in [0.5, 0.6) is 0 Å². The van der Waals surface area contributed by atoms with E-state index in [0.717, 1.165) is 37.7 Å². The molecular formula is C22H32O5. The lowest BCUT2D eigenvalue weighted by Gasteiger charge is -2.60. The summed E-state index contributed by atoms with van der Waals surface area (Å²) in [5.41, 5.74) is 1.54. The molecule has 2 aliphatic carbocycles. The van der Waals surface area contributed by atoms with E-state index in [1.807, 2.05) is 6.08 Å². The number of hydrogen-bond acceptors (Lipinski definition) is 5. The van der Waals surface area contributed by atoms with Crippen molar-refractivity contribution in [1.29, 1.82) is 0 Å². The van der Waals surface area contributed by atoms with Crippen LogP contribution >= 0.6 is 0 Å². The number of hydrogen-bond donors (Lipinski definition) is 1. The summed E-state index contributed by atoms with van der Waals surface area (Å²) in [5.74, 6) is 0.0476. The minimum absolute atomic E-state index is 0.00186. The second-order valence-corrected chi connectivity index (χ2v) is 8.98. The molecule has 5 nitrogen and oxygen atoms in total. The van der Waals surface area contributed by atoms with Gasteiger partial charge in [-0.25, -0.2) is 4.79 Å². The number of aliphatic hydroxyl groups is 1. The van der Waals surface area contributed by atoms with Crippen molar-refractivity contribution in [1.82, 2.24) is 0 Å². The minimum atomic E-state index is -0.455. The van der Waals surface area contributed by atoms with Crippen molar-refractivity contribution in [3.63, 3.8) is 0 Å². The van der Waals surface area contributed by atoms with Gasteiger partial charge in [0.05, 0.1) is 6.61 Å². The average Bonchev–Trinajstić information content (AvgIpc) is 3.02. The van der Waals surface area contributed by atoms with E-state index in [0.29, 0.717) is 13.0 Å². The Morgan fingerprint density at radius 3 is 2.74 bits per heavy atom. The lowest BCUT2D eigenvalue weighted by atomic mass is 9.46. The highest BCUT2D eigenvalue weighted by Gasteiger charge is 2.58. The van der Waals surface area contributed by atoms with Crippen LogP contribution in [-0.2, 0) is 19.1 Å². The van der Waals surface area contributed by atoms with Crippen LogP contribution < -0.4 is 0 Å². The molecule has 0 unspecified atom stereocenters. The van der Waals surface area contributed by atoms with Crippen molar-refractivity contribution in [3.8, 4) is 0 Å². The zero-order chi connectivity index (χ0) is 19.8. The molecule has 5 atom stereocenters. The fourth-order valence-corrected chi connectivity index (χ4v) is 6.01. The molecule has 3 rings (SSSR count). The molecule has 1 aliphatic heterocycles. The highest BCUT2D eigenvalue weighted by Crippen LogP contribution is 2.62. The van der Waals surface area contributed by atoms with E-state index in [-0.39, 0.29) is 41.9 Å². The van der Waals surface area contributed by atoms with Gasteiger partial charge in [-0.1, -0.05) is 26.0 Å².